The molecule has 0 aromatic heterocycles. The number of nitrogens with zero attached hydrogens (tertiary/aromatic N) is 1. The van der Waals surface area contributed by atoms with E-state index in [-0.39, 0.29) is 6.09 Å². The summed E-state index contributed by atoms with van der Waals surface area (Å²) in [6, 6.07) is 0. The molecule has 0 N–H and O–H groups in total. The van der Waals surface area contributed by atoms with Crippen molar-refractivity contribution in [1.82, 2.24) is 4.90 Å². The fraction of sp³-hybridized carbons (Fsp3) is 0.923. The average Bonchev–Trinajstić information content (AvgIpc) is 2.53. The van der Waals surface area contributed by atoms with Gasteiger partial charge in [-0.3, -0.25) is 0 Å². The second kappa shape index (κ2) is 4.45. The molecule has 4 heteroatoms. The number of hydrogen-bond acceptors (Lipinski definition) is 2. The first-order valence-corrected chi connectivity index (χ1v) is 7.52. The zero-order valence-corrected chi connectivity index (χ0v) is 12.5. The minimum atomic E-state index is -0.393. The molecule has 1 amide bonds. The molecule has 0 aromatic rings. The van der Waals surface area contributed by atoms with Gasteiger partial charge in [-0.2, -0.15) is 0 Å². The molecule has 3 nitrogen and oxygen atoms in total. The van der Waals surface area contributed by atoms with Crippen molar-refractivity contribution in [2.24, 2.45) is 11.3 Å². The van der Waals surface area contributed by atoms with Gasteiger partial charge in [0.1, 0.15) is 5.60 Å². The Morgan fingerprint density at radius 3 is 2.47 bits per heavy atom. The van der Waals surface area contributed by atoms with E-state index in [9.17, 15) is 4.79 Å². The van der Waals surface area contributed by atoms with Crippen LogP contribution in [0.15, 0.2) is 0 Å². The standard InChI is InChI=1S/C13H22BrNO2/c1-12(2,3)17-11(16)15-8-10(7-14)13(9-15)5-4-6-13/h10H,4-9H2,1-3H3. The van der Waals surface area contributed by atoms with Gasteiger partial charge < -0.3 is 9.64 Å². The summed E-state index contributed by atoms with van der Waals surface area (Å²) in [6.07, 6.45) is 3.70. The van der Waals surface area contributed by atoms with Crippen LogP contribution >= 0.6 is 15.9 Å². The van der Waals surface area contributed by atoms with Crippen LogP contribution in [0.3, 0.4) is 0 Å². The zero-order valence-electron chi connectivity index (χ0n) is 11.0. The lowest BCUT2D eigenvalue weighted by molar-refractivity contribution is 0.0242. The van der Waals surface area contributed by atoms with Crippen LogP contribution in [0.25, 0.3) is 0 Å². The highest BCUT2D eigenvalue weighted by Gasteiger charge is 2.51. The number of ether oxygens (including phenoxy) is 1. The summed E-state index contributed by atoms with van der Waals surface area (Å²) in [5.41, 5.74) is -0.00322. The van der Waals surface area contributed by atoms with Crippen molar-refractivity contribution < 1.29 is 9.53 Å². The van der Waals surface area contributed by atoms with Crippen molar-refractivity contribution in [2.45, 2.75) is 45.6 Å². The fourth-order valence-electron chi connectivity index (χ4n) is 2.91. The number of rotatable bonds is 1. The monoisotopic (exact) mass is 303 g/mol. The summed E-state index contributed by atoms with van der Waals surface area (Å²) in [4.78, 5) is 13.9. The van der Waals surface area contributed by atoms with E-state index in [1.54, 1.807) is 0 Å². The molecule has 17 heavy (non-hydrogen) atoms. The lowest BCUT2D eigenvalue weighted by atomic mass is 9.63. The summed E-state index contributed by atoms with van der Waals surface area (Å²) in [5, 5.41) is 0.992. The molecule has 2 rings (SSSR count). The first-order valence-electron chi connectivity index (χ1n) is 6.40. The molecule has 2 aliphatic rings. The summed E-state index contributed by atoms with van der Waals surface area (Å²) in [7, 11) is 0. The molecule has 1 spiro atoms. The molecule has 1 saturated carbocycles. The highest BCUT2D eigenvalue weighted by Crippen LogP contribution is 2.52. The van der Waals surface area contributed by atoms with Gasteiger partial charge in [0.15, 0.2) is 0 Å². The van der Waals surface area contributed by atoms with E-state index in [1.807, 2.05) is 25.7 Å². The molecule has 1 aliphatic heterocycles. The van der Waals surface area contributed by atoms with E-state index in [0.717, 1.165) is 18.4 Å². The van der Waals surface area contributed by atoms with Crippen LogP contribution in [0.5, 0.6) is 0 Å². The van der Waals surface area contributed by atoms with Crippen LogP contribution < -0.4 is 0 Å². The Labute approximate surface area is 112 Å². The largest absolute Gasteiger partial charge is 0.444 e. The van der Waals surface area contributed by atoms with Crippen LogP contribution in [0, 0.1) is 11.3 Å². The maximum Gasteiger partial charge on any atom is 0.410 e. The van der Waals surface area contributed by atoms with Gasteiger partial charge in [0.25, 0.3) is 0 Å². The van der Waals surface area contributed by atoms with E-state index >= 15 is 0 Å². The van der Waals surface area contributed by atoms with Crippen molar-refractivity contribution >= 4 is 22.0 Å². The Bertz CT molecular complexity index is 307. The molecule has 0 aromatic carbocycles. The highest BCUT2D eigenvalue weighted by molar-refractivity contribution is 9.09. The van der Waals surface area contributed by atoms with Crippen LogP contribution in [0.1, 0.15) is 40.0 Å². The van der Waals surface area contributed by atoms with Gasteiger partial charge in [-0.1, -0.05) is 22.4 Å². The van der Waals surface area contributed by atoms with E-state index in [1.165, 1.54) is 19.3 Å². The fourth-order valence-corrected chi connectivity index (χ4v) is 3.80. The van der Waals surface area contributed by atoms with Crippen molar-refractivity contribution in [3.63, 3.8) is 0 Å². The van der Waals surface area contributed by atoms with E-state index in [2.05, 4.69) is 15.9 Å². The third-order valence-electron chi connectivity index (χ3n) is 4.00. The number of carbonyl (C=O) groups is 1. The number of carbonyl (C=O) groups excluding carboxylic acids is 1. The Balaban J connectivity index is 1.98. The van der Waals surface area contributed by atoms with Crippen molar-refractivity contribution in [2.75, 3.05) is 18.4 Å². The predicted octanol–water partition coefficient (Wildman–Crippen LogP) is 3.42. The second-order valence-corrected chi connectivity index (χ2v) is 7.08. The maximum atomic E-state index is 12.0. The van der Waals surface area contributed by atoms with Gasteiger partial charge in [0.05, 0.1) is 0 Å². The Morgan fingerprint density at radius 1 is 1.47 bits per heavy atom. The highest BCUT2D eigenvalue weighted by atomic mass is 79.9. The van der Waals surface area contributed by atoms with Crippen LogP contribution in [-0.2, 0) is 4.74 Å². The zero-order chi connectivity index (χ0) is 12.7. The topological polar surface area (TPSA) is 29.5 Å². The van der Waals surface area contributed by atoms with E-state index < -0.39 is 5.60 Å². The van der Waals surface area contributed by atoms with Crippen LogP contribution in [-0.4, -0.2) is 35.0 Å². The molecule has 1 heterocycles. The Kier molecular flexibility index (Phi) is 3.45. The molecule has 1 atom stereocenters. The van der Waals surface area contributed by atoms with Crippen molar-refractivity contribution in [1.29, 1.82) is 0 Å². The summed E-state index contributed by atoms with van der Waals surface area (Å²) in [6.45, 7) is 7.49. The van der Waals surface area contributed by atoms with Crippen molar-refractivity contribution in [3.8, 4) is 0 Å². The maximum absolute atomic E-state index is 12.0. The first-order chi connectivity index (χ1) is 7.86. The summed E-state index contributed by atoms with van der Waals surface area (Å²) >= 11 is 3.59. The lowest BCUT2D eigenvalue weighted by Crippen LogP contribution is -2.40. The molecular formula is C13H22BrNO2. The van der Waals surface area contributed by atoms with Gasteiger partial charge >= 0.3 is 6.09 Å². The molecule has 0 bridgehead atoms. The number of likely N-dealkylation sites (tertiary alicyclic amines) is 1. The lowest BCUT2D eigenvalue weighted by Gasteiger charge is -2.42. The number of halogens is 1. The van der Waals surface area contributed by atoms with Gasteiger partial charge in [0, 0.05) is 18.4 Å². The summed E-state index contributed by atoms with van der Waals surface area (Å²) < 4.78 is 5.45. The van der Waals surface area contributed by atoms with E-state index in [4.69, 9.17) is 4.74 Å². The van der Waals surface area contributed by atoms with Gasteiger partial charge in [-0.25, -0.2) is 4.79 Å². The SMILES string of the molecule is CC(C)(C)OC(=O)N1CC(CBr)C2(CCC2)C1. The second-order valence-electron chi connectivity index (χ2n) is 6.43. The average molecular weight is 304 g/mol. The van der Waals surface area contributed by atoms with Gasteiger partial charge in [0.2, 0.25) is 0 Å². The Hall–Kier alpha value is -0.250. The third kappa shape index (κ3) is 2.61. The number of hydrogen-bond donors (Lipinski definition) is 0. The third-order valence-corrected chi connectivity index (χ3v) is 4.78. The molecule has 98 valence electrons. The van der Waals surface area contributed by atoms with Crippen LogP contribution in [0.4, 0.5) is 4.79 Å². The summed E-state index contributed by atoms with van der Waals surface area (Å²) in [5.74, 6) is 0.601. The minimum Gasteiger partial charge on any atom is -0.444 e. The van der Waals surface area contributed by atoms with E-state index in [0.29, 0.717) is 11.3 Å². The first kappa shape index (κ1) is 13.2. The molecular weight excluding hydrogens is 282 g/mol. The molecule has 1 saturated heterocycles. The Morgan fingerprint density at radius 2 is 2.12 bits per heavy atom. The minimum absolute atomic E-state index is 0.146. The molecule has 0 radical (unpaired) electrons. The normalized spacial score (nSPS) is 27.1. The smallest absolute Gasteiger partial charge is 0.410 e. The molecule has 1 unspecified atom stereocenters. The number of alkyl halides is 1. The van der Waals surface area contributed by atoms with Gasteiger partial charge in [-0.05, 0) is 44.9 Å². The number of amides is 1. The molecule has 2 fully saturated rings. The predicted molar refractivity (Wildman–Crippen MR) is 71.4 cm³/mol. The van der Waals surface area contributed by atoms with Crippen LogP contribution in [0.2, 0.25) is 0 Å². The van der Waals surface area contributed by atoms with Gasteiger partial charge in [-0.15, -0.1) is 0 Å². The molecule has 1 aliphatic carbocycles. The van der Waals surface area contributed by atoms with Crippen molar-refractivity contribution in [3.05, 3.63) is 0 Å². The quantitative estimate of drug-likeness (QED) is 0.695.